The zero-order chi connectivity index (χ0) is 12.5. The maximum atomic E-state index is 12.8. The molecule has 17 heavy (non-hydrogen) atoms. The zero-order valence-corrected chi connectivity index (χ0v) is 10.3. The second-order valence-electron chi connectivity index (χ2n) is 3.65. The highest BCUT2D eigenvalue weighted by atomic mass is 32.2. The summed E-state index contributed by atoms with van der Waals surface area (Å²) in [5, 5.41) is 8.27. The van der Waals surface area contributed by atoms with Gasteiger partial charge in [-0.15, -0.1) is 11.8 Å². The highest BCUT2D eigenvalue weighted by molar-refractivity contribution is 7.99. The molecule has 0 saturated heterocycles. The van der Waals surface area contributed by atoms with Crippen LogP contribution >= 0.6 is 11.8 Å². The molecule has 1 amide bonds. The van der Waals surface area contributed by atoms with Crippen LogP contribution in [0.5, 0.6) is 0 Å². The molecular formula is C12H16FNO2S. The molecule has 0 aromatic heterocycles. The molecule has 0 aliphatic heterocycles. The van der Waals surface area contributed by atoms with E-state index in [0.717, 1.165) is 29.9 Å². The van der Waals surface area contributed by atoms with E-state index in [2.05, 4.69) is 0 Å². The first-order valence-electron chi connectivity index (χ1n) is 5.53. The van der Waals surface area contributed by atoms with Crippen LogP contribution in [-0.2, 0) is 4.79 Å². The molecule has 94 valence electrons. The predicted molar refractivity (Wildman–Crippen MR) is 65.5 cm³/mol. The number of hydrogen-bond acceptors (Lipinski definition) is 3. The summed E-state index contributed by atoms with van der Waals surface area (Å²) in [6.07, 6.45) is 3.01. The van der Waals surface area contributed by atoms with Crippen LogP contribution in [0.4, 0.5) is 4.39 Å². The number of benzene rings is 1. The normalized spacial score (nSPS) is 10.2. The third-order valence-electron chi connectivity index (χ3n) is 2.24. The molecule has 0 bridgehead atoms. The minimum Gasteiger partial charge on any atom is -0.289 e. The SMILES string of the molecule is O=C(CCCCCSc1cccc(F)c1)NO. The monoisotopic (exact) mass is 257 g/mol. The van der Waals surface area contributed by atoms with E-state index < -0.39 is 0 Å². The van der Waals surface area contributed by atoms with E-state index in [-0.39, 0.29) is 11.7 Å². The van der Waals surface area contributed by atoms with Crippen LogP contribution in [-0.4, -0.2) is 16.9 Å². The van der Waals surface area contributed by atoms with Gasteiger partial charge in [-0.1, -0.05) is 12.5 Å². The Kier molecular flexibility index (Phi) is 6.65. The molecule has 0 spiro atoms. The van der Waals surface area contributed by atoms with Crippen molar-refractivity contribution < 1.29 is 14.4 Å². The number of rotatable bonds is 7. The minimum atomic E-state index is -0.345. The highest BCUT2D eigenvalue weighted by Crippen LogP contribution is 2.20. The van der Waals surface area contributed by atoms with Crippen LogP contribution in [0.1, 0.15) is 25.7 Å². The van der Waals surface area contributed by atoms with Crippen LogP contribution in [0.2, 0.25) is 0 Å². The summed E-state index contributed by atoms with van der Waals surface area (Å²) in [4.78, 5) is 11.6. The summed E-state index contributed by atoms with van der Waals surface area (Å²) < 4.78 is 12.8. The van der Waals surface area contributed by atoms with Gasteiger partial charge in [-0.3, -0.25) is 10.0 Å². The third kappa shape index (κ3) is 6.28. The number of unbranched alkanes of at least 4 members (excludes halogenated alkanes) is 2. The number of carbonyl (C=O) groups excluding carboxylic acids is 1. The van der Waals surface area contributed by atoms with Crippen molar-refractivity contribution in [2.45, 2.75) is 30.6 Å². The summed E-state index contributed by atoms with van der Waals surface area (Å²) in [7, 11) is 0. The van der Waals surface area contributed by atoms with E-state index in [1.54, 1.807) is 23.3 Å². The lowest BCUT2D eigenvalue weighted by molar-refractivity contribution is -0.129. The van der Waals surface area contributed by atoms with Crippen LogP contribution in [0.3, 0.4) is 0 Å². The standard InChI is InChI=1S/C12H16FNO2S/c13-10-5-4-6-11(9-10)17-8-3-1-2-7-12(15)14-16/h4-6,9,16H,1-3,7-8H2,(H,14,15). The largest absolute Gasteiger partial charge is 0.289 e. The summed E-state index contributed by atoms with van der Waals surface area (Å²) in [5.41, 5.74) is 1.60. The Balaban J connectivity index is 2.06. The number of hydroxylamine groups is 1. The number of carbonyl (C=O) groups is 1. The Labute approximate surface area is 104 Å². The van der Waals surface area contributed by atoms with Crippen molar-refractivity contribution in [1.82, 2.24) is 5.48 Å². The maximum Gasteiger partial charge on any atom is 0.243 e. The molecule has 0 aliphatic rings. The number of nitrogens with one attached hydrogen (secondary N) is 1. The van der Waals surface area contributed by atoms with Gasteiger partial charge in [0.05, 0.1) is 0 Å². The zero-order valence-electron chi connectivity index (χ0n) is 9.49. The van der Waals surface area contributed by atoms with Gasteiger partial charge in [-0.05, 0) is 36.8 Å². The van der Waals surface area contributed by atoms with Crippen molar-refractivity contribution in [2.24, 2.45) is 0 Å². The molecule has 1 aromatic rings. The molecule has 0 unspecified atom stereocenters. The Morgan fingerprint density at radius 3 is 2.88 bits per heavy atom. The summed E-state index contributed by atoms with van der Waals surface area (Å²) in [5.74, 6) is 0.349. The van der Waals surface area contributed by atoms with E-state index in [1.807, 2.05) is 6.07 Å². The quantitative estimate of drug-likeness (QED) is 0.342. The van der Waals surface area contributed by atoms with Gasteiger partial charge < -0.3 is 0 Å². The van der Waals surface area contributed by atoms with Crippen molar-refractivity contribution in [3.63, 3.8) is 0 Å². The van der Waals surface area contributed by atoms with Gasteiger partial charge >= 0.3 is 0 Å². The molecule has 3 nitrogen and oxygen atoms in total. The van der Waals surface area contributed by atoms with Crippen molar-refractivity contribution in [3.8, 4) is 0 Å². The van der Waals surface area contributed by atoms with Gasteiger partial charge in [0.2, 0.25) is 5.91 Å². The van der Waals surface area contributed by atoms with Gasteiger partial charge in [0.15, 0.2) is 0 Å². The maximum absolute atomic E-state index is 12.8. The van der Waals surface area contributed by atoms with Crippen LogP contribution in [0.15, 0.2) is 29.2 Å². The molecule has 0 fully saturated rings. The second-order valence-corrected chi connectivity index (χ2v) is 4.82. The molecule has 0 heterocycles. The molecule has 5 heteroatoms. The van der Waals surface area contributed by atoms with Crippen LogP contribution in [0.25, 0.3) is 0 Å². The van der Waals surface area contributed by atoms with Gasteiger partial charge in [-0.25, -0.2) is 9.87 Å². The van der Waals surface area contributed by atoms with Crippen molar-refractivity contribution in [2.75, 3.05) is 5.75 Å². The van der Waals surface area contributed by atoms with E-state index in [1.165, 1.54) is 12.1 Å². The van der Waals surface area contributed by atoms with E-state index in [0.29, 0.717) is 6.42 Å². The summed E-state index contributed by atoms with van der Waals surface area (Å²) >= 11 is 1.61. The lowest BCUT2D eigenvalue weighted by Crippen LogP contribution is -2.17. The molecular weight excluding hydrogens is 241 g/mol. The van der Waals surface area contributed by atoms with Crippen molar-refractivity contribution in [3.05, 3.63) is 30.1 Å². The van der Waals surface area contributed by atoms with Gasteiger partial charge in [0, 0.05) is 11.3 Å². The van der Waals surface area contributed by atoms with Crippen LogP contribution < -0.4 is 5.48 Å². The molecule has 0 aliphatic carbocycles. The van der Waals surface area contributed by atoms with E-state index in [9.17, 15) is 9.18 Å². The lowest BCUT2D eigenvalue weighted by atomic mass is 10.2. The van der Waals surface area contributed by atoms with E-state index >= 15 is 0 Å². The van der Waals surface area contributed by atoms with Gasteiger partial charge in [-0.2, -0.15) is 0 Å². The van der Waals surface area contributed by atoms with Crippen molar-refractivity contribution in [1.29, 1.82) is 0 Å². The fraction of sp³-hybridized carbons (Fsp3) is 0.417. The Bertz CT molecular complexity index is 360. The fourth-order valence-electron chi connectivity index (χ4n) is 1.37. The second kappa shape index (κ2) is 8.08. The minimum absolute atomic E-state index is 0.213. The number of thioether (sulfide) groups is 1. The first kappa shape index (κ1) is 14.0. The topological polar surface area (TPSA) is 49.3 Å². The van der Waals surface area contributed by atoms with Crippen LogP contribution in [0, 0.1) is 5.82 Å². The highest BCUT2D eigenvalue weighted by Gasteiger charge is 1.99. The Hall–Kier alpha value is -1.07. The average molecular weight is 257 g/mol. The Morgan fingerprint density at radius 2 is 2.18 bits per heavy atom. The third-order valence-corrected chi connectivity index (χ3v) is 3.32. The predicted octanol–water partition coefficient (Wildman–Crippen LogP) is 2.98. The lowest BCUT2D eigenvalue weighted by Gasteiger charge is -2.02. The van der Waals surface area contributed by atoms with Crippen molar-refractivity contribution >= 4 is 17.7 Å². The molecule has 0 atom stereocenters. The average Bonchev–Trinajstić information content (AvgIpc) is 2.33. The summed E-state index contributed by atoms with van der Waals surface area (Å²) in [6, 6.07) is 6.53. The number of hydrogen-bond donors (Lipinski definition) is 2. The van der Waals surface area contributed by atoms with E-state index in [4.69, 9.17) is 5.21 Å². The number of halogens is 1. The number of amides is 1. The Morgan fingerprint density at radius 1 is 1.35 bits per heavy atom. The molecule has 2 N–H and O–H groups in total. The molecule has 0 radical (unpaired) electrons. The smallest absolute Gasteiger partial charge is 0.243 e. The fourth-order valence-corrected chi connectivity index (χ4v) is 2.32. The van der Waals surface area contributed by atoms with Gasteiger partial charge in [0.1, 0.15) is 5.82 Å². The first-order chi connectivity index (χ1) is 8.22. The molecule has 1 aromatic carbocycles. The first-order valence-corrected chi connectivity index (χ1v) is 6.52. The van der Waals surface area contributed by atoms with Gasteiger partial charge in [0.25, 0.3) is 0 Å². The molecule has 0 saturated carbocycles. The summed E-state index contributed by atoms with van der Waals surface area (Å²) in [6.45, 7) is 0. The molecule has 1 rings (SSSR count).